The molecule has 0 saturated carbocycles. The first kappa shape index (κ1) is 17.5. The molecule has 3 aromatic rings. The molecule has 1 saturated heterocycles. The van der Waals surface area contributed by atoms with E-state index in [2.05, 4.69) is 39.6 Å². The zero-order valence-electron chi connectivity index (χ0n) is 15.2. The Kier molecular flexibility index (Phi) is 5.30. The third-order valence-electron chi connectivity index (χ3n) is 4.88. The largest absolute Gasteiger partial charge is 0.355 e. The number of aromatic nitrogens is 1. The summed E-state index contributed by atoms with van der Waals surface area (Å²) in [5.41, 5.74) is 3.58. The highest BCUT2D eigenvalue weighted by Gasteiger charge is 2.14. The van der Waals surface area contributed by atoms with E-state index in [1.54, 1.807) is 6.07 Å². The molecule has 138 valence electrons. The summed E-state index contributed by atoms with van der Waals surface area (Å²) in [6.45, 7) is 3.87. The van der Waals surface area contributed by atoms with Crippen molar-refractivity contribution < 1.29 is 9.32 Å². The lowest BCUT2D eigenvalue weighted by Crippen LogP contribution is -2.23. The van der Waals surface area contributed by atoms with Crippen molar-refractivity contribution in [3.63, 3.8) is 0 Å². The van der Waals surface area contributed by atoms with Gasteiger partial charge in [-0.05, 0) is 37.1 Å². The molecule has 0 unspecified atom stereocenters. The Balaban J connectivity index is 1.32. The second kappa shape index (κ2) is 8.18. The summed E-state index contributed by atoms with van der Waals surface area (Å²) in [5, 5.41) is 6.78. The summed E-state index contributed by atoms with van der Waals surface area (Å²) < 4.78 is 5.29. The molecule has 0 radical (unpaired) electrons. The number of rotatable bonds is 6. The Morgan fingerprint density at radius 1 is 1.00 bits per heavy atom. The highest BCUT2D eigenvalue weighted by atomic mass is 16.5. The van der Waals surface area contributed by atoms with Crippen molar-refractivity contribution in [2.24, 2.45) is 0 Å². The van der Waals surface area contributed by atoms with E-state index < -0.39 is 0 Å². The molecule has 0 atom stereocenters. The van der Waals surface area contributed by atoms with Gasteiger partial charge in [0.2, 0.25) is 0 Å². The van der Waals surface area contributed by atoms with E-state index in [1.807, 2.05) is 30.3 Å². The van der Waals surface area contributed by atoms with Crippen molar-refractivity contribution in [2.45, 2.75) is 25.9 Å². The molecule has 1 fully saturated rings. The van der Waals surface area contributed by atoms with Crippen LogP contribution in [0.5, 0.6) is 0 Å². The van der Waals surface area contributed by atoms with Crippen molar-refractivity contribution in [2.75, 3.05) is 13.1 Å². The summed E-state index contributed by atoms with van der Waals surface area (Å²) in [5.74, 6) is 0.356. The molecule has 2 aromatic carbocycles. The molecule has 1 N–H and O–H groups in total. The monoisotopic (exact) mass is 361 g/mol. The number of hydrogen-bond acceptors (Lipinski definition) is 4. The summed E-state index contributed by atoms with van der Waals surface area (Å²) >= 11 is 0. The van der Waals surface area contributed by atoms with E-state index >= 15 is 0 Å². The SMILES string of the molecule is O=C(NCc1ccc(CN2CCCC2)cc1)c1cc(-c2ccccc2)on1. The van der Waals surface area contributed by atoms with Crippen LogP contribution >= 0.6 is 0 Å². The maximum absolute atomic E-state index is 12.3. The Morgan fingerprint density at radius 3 is 2.44 bits per heavy atom. The average molecular weight is 361 g/mol. The molecule has 1 aliphatic heterocycles. The molecule has 0 aliphatic carbocycles. The van der Waals surface area contributed by atoms with E-state index in [-0.39, 0.29) is 5.91 Å². The van der Waals surface area contributed by atoms with Crippen LogP contribution in [0, 0.1) is 0 Å². The average Bonchev–Trinajstić information content (AvgIpc) is 3.40. The molecule has 1 aromatic heterocycles. The fraction of sp³-hybridized carbons (Fsp3) is 0.273. The molecule has 0 spiro atoms. The fourth-order valence-corrected chi connectivity index (χ4v) is 3.36. The van der Waals surface area contributed by atoms with Gasteiger partial charge in [0.15, 0.2) is 11.5 Å². The highest BCUT2D eigenvalue weighted by molar-refractivity contribution is 5.93. The molecule has 1 amide bonds. The first-order chi connectivity index (χ1) is 13.3. The van der Waals surface area contributed by atoms with Crippen molar-refractivity contribution in [3.05, 3.63) is 77.5 Å². The predicted molar refractivity (Wildman–Crippen MR) is 104 cm³/mol. The van der Waals surface area contributed by atoms with Gasteiger partial charge >= 0.3 is 0 Å². The summed E-state index contributed by atoms with van der Waals surface area (Å²) in [6, 6.07) is 19.7. The number of benzene rings is 2. The number of hydrogen-bond donors (Lipinski definition) is 1. The van der Waals surface area contributed by atoms with Crippen LogP contribution in [0.15, 0.2) is 65.2 Å². The molecule has 5 nitrogen and oxygen atoms in total. The summed E-state index contributed by atoms with van der Waals surface area (Å²) in [4.78, 5) is 14.8. The predicted octanol–water partition coefficient (Wildman–Crippen LogP) is 3.87. The summed E-state index contributed by atoms with van der Waals surface area (Å²) in [6.07, 6.45) is 2.61. The van der Waals surface area contributed by atoms with Crippen LogP contribution in [0.4, 0.5) is 0 Å². The number of carbonyl (C=O) groups is 1. The van der Waals surface area contributed by atoms with Gasteiger partial charge < -0.3 is 9.84 Å². The topological polar surface area (TPSA) is 58.4 Å². The van der Waals surface area contributed by atoms with Gasteiger partial charge in [0.25, 0.3) is 5.91 Å². The van der Waals surface area contributed by atoms with Crippen LogP contribution in [0.1, 0.15) is 34.5 Å². The Hall–Kier alpha value is -2.92. The third-order valence-corrected chi connectivity index (χ3v) is 4.88. The lowest BCUT2D eigenvalue weighted by Gasteiger charge is -2.14. The number of amides is 1. The van der Waals surface area contributed by atoms with Crippen molar-refractivity contribution in [1.29, 1.82) is 0 Å². The molecule has 0 bridgehead atoms. The van der Waals surface area contributed by atoms with E-state index in [4.69, 9.17) is 4.52 Å². The molecule has 4 rings (SSSR count). The Morgan fingerprint density at radius 2 is 1.70 bits per heavy atom. The zero-order valence-corrected chi connectivity index (χ0v) is 15.2. The van der Waals surface area contributed by atoms with Crippen LogP contribution in [0.25, 0.3) is 11.3 Å². The molecule has 2 heterocycles. The van der Waals surface area contributed by atoms with Gasteiger partial charge in [0.1, 0.15) is 0 Å². The number of nitrogens with zero attached hydrogens (tertiary/aromatic N) is 2. The minimum Gasteiger partial charge on any atom is -0.355 e. The quantitative estimate of drug-likeness (QED) is 0.724. The zero-order chi connectivity index (χ0) is 18.5. The number of likely N-dealkylation sites (tertiary alicyclic amines) is 1. The van der Waals surface area contributed by atoms with Gasteiger partial charge in [-0.15, -0.1) is 0 Å². The van der Waals surface area contributed by atoms with Crippen LogP contribution in [-0.2, 0) is 13.1 Å². The highest BCUT2D eigenvalue weighted by Crippen LogP contribution is 2.19. The first-order valence-corrected chi connectivity index (χ1v) is 9.38. The smallest absolute Gasteiger partial charge is 0.273 e. The van der Waals surface area contributed by atoms with Crippen LogP contribution < -0.4 is 5.32 Å². The lowest BCUT2D eigenvalue weighted by atomic mass is 10.1. The Bertz CT molecular complexity index is 881. The maximum atomic E-state index is 12.3. The number of nitrogens with one attached hydrogen (secondary N) is 1. The van der Waals surface area contributed by atoms with E-state index in [0.717, 1.165) is 17.7 Å². The molecule has 5 heteroatoms. The third kappa shape index (κ3) is 4.44. The maximum Gasteiger partial charge on any atom is 0.273 e. The second-order valence-electron chi connectivity index (χ2n) is 6.92. The number of carbonyl (C=O) groups excluding carboxylic acids is 1. The van der Waals surface area contributed by atoms with E-state index in [0.29, 0.717) is 18.0 Å². The standard InChI is InChI=1S/C22H23N3O2/c26-22(20-14-21(27-24-20)19-6-2-1-3-7-19)23-15-17-8-10-18(11-9-17)16-25-12-4-5-13-25/h1-3,6-11,14H,4-5,12-13,15-16H2,(H,23,26). The Labute approximate surface area is 159 Å². The van der Waals surface area contributed by atoms with Gasteiger partial charge in [-0.25, -0.2) is 0 Å². The van der Waals surface area contributed by atoms with Gasteiger partial charge in [-0.2, -0.15) is 0 Å². The molecular formula is C22H23N3O2. The minimum absolute atomic E-state index is 0.234. The van der Waals surface area contributed by atoms with Crippen molar-refractivity contribution >= 4 is 5.91 Å². The van der Waals surface area contributed by atoms with Gasteiger partial charge in [0.05, 0.1) is 0 Å². The van der Waals surface area contributed by atoms with Crippen LogP contribution in [-0.4, -0.2) is 29.1 Å². The normalized spacial score (nSPS) is 14.4. The van der Waals surface area contributed by atoms with Crippen molar-refractivity contribution in [1.82, 2.24) is 15.4 Å². The van der Waals surface area contributed by atoms with E-state index in [1.165, 1.54) is 31.5 Å². The first-order valence-electron chi connectivity index (χ1n) is 9.38. The molecular weight excluding hydrogens is 338 g/mol. The fourth-order valence-electron chi connectivity index (χ4n) is 3.36. The summed E-state index contributed by atoms with van der Waals surface area (Å²) in [7, 11) is 0. The molecule has 27 heavy (non-hydrogen) atoms. The van der Waals surface area contributed by atoms with Gasteiger partial charge in [0, 0.05) is 24.7 Å². The van der Waals surface area contributed by atoms with Gasteiger partial charge in [-0.1, -0.05) is 59.8 Å². The van der Waals surface area contributed by atoms with Gasteiger partial charge in [-0.3, -0.25) is 9.69 Å². The van der Waals surface area contributed by atoms with Crippen molar-refractivity contribution in [3.8, 4) is 11.3 Å². The van der Waals surface area contributed by atoms with Crippen LogP contribution in [0.3, 0.4) is 0 Å². The second-order valence-corrected chi connectivity index (χ2v) is 6.92. The molecule has 1 aliphatic rings. The van der Waals surface area contributed by atoms with Crippen LogP contribution in [0.2, 0.25) is 0 Å². The lowest BCUT2D eigenvalue weighted by molar-refractivity contribution is 0.0942. The van der Waals surface area contributed by atoms with E-state index in [9.17, 15) is 4.79 Å². The minimum atomic E-state index is -0.234.